The summed E-state index contributed by atoms with van der Waals surface area (Å²) < 4.78 is 5.91. The summed E-state index contributed by atoms with van der Waals surface area (Å²) in [5.41, 5.74) is 0.910. The number of halogens is 1. The quantitative estimate of drug-likeness (QED) is 0.796. The van der Waals surface area contributed by atoms with E-state index in [0.29, 0.717) is 18.9 Å². The van der Waals surface area contributed by atoms with Gasteiger partial charge in [-0.1, -0.05) is 34.2 Å². The van der Waals surface area contributed by atoms with Crippen LogP contribution in [-0.2, 0) is 6.42 Å². The Hall–Kier alpha value is -1.66. The van der Waals surface area contributed by atoms with Gasteiger partial charge in [0, 0.05) is 13.0 Å². The van der Waals surface area contributed by atoms with Gasteiger partial charge in [-0.3, -0.25) is 0 Å². The maximum atomic E-state index is 6.10. The van der Waals surface area contributed by atoms with Crippen molar-refractivity contribution in [1.82, 2.24) is 15.1 Å². The molecule has 3 aromatic rings. The molecule has 0 saturated heterocycles. The third-order valence-corrected chi connectivity index (χ3v) is 3.88. The molecule has 0 aliphatic rings. The van der Waals surface area contributed by atoms with Crippen molar-refractivity contribution in [2.24, 2.45) is 0 Å². The van der Waals surface area contributed by atoms with E-state index in [-0.39, 0.29) is 0 Å². The topological polar surface area (TPSA) is 63.8 Å². The van der Waals surface area contributed by atoms with E-state index < -0.39 is 0 Å². The highest BCUT2D eigenvalue weighted by Crippen LogP contribution is 2.31. The van der Waals surface area contributed by atoms with Gasteiger partial charge in [0.2, 0.25) is 5.89 Å². The molecule has 0 aliphatic heterocycles. The van der Waals surface area contributed by atoms with Crippen molar-refractivity contribution in [3.8, 4) is 0 Å². The van der Waals surface area contributed by atoms with Crippen LogP contribution in [0.2, 0.25) is 5.02 Å². The monoisotopic (exact) mass is 280 g/mol. The van der Waals surface area contributed by atoms with Crippen molar-refractivity contribution in [2.45, 2.75) is 6.42 Å². The van der Waals surface area contributed by atoms with E-state index in [4.69, 9.17) is 16.1 Å². The van der Waals surface area contributed by atoms with Crippen LogP contribution >= 0.6 is 22.9 Å². The number of nitrogens with one attached hydrogen (secondary N) is 1. The summed E-state index contributed by atoms with van der Waals surface area (Å²) in [5, 5.41) is 8.35. The Morgan fingerprint density at radius 2 is 2.33 bits per heavy atom. The normalized spacial score (nSPS) is 10.9. The fourth-order valence-electron chi connectivity index (χ4n) is 1.57. The average molecular weight is 281 g/mol. The number of benzene rings is 1. The number of hydrogen-bond acceptors (Lipinski definition) is 6. The predicted octanol–water partition coefficient (Wildman–Crippen LogP) is 2.99. The Labute approximate surface area is 112 Å². The minimum absolute atomic E-state index is 0.613. The highest BCUT2D eigenvalue weighted by molar-refractivity contribution is 7.22. The van der Waals surface area contributed by atoms with Crippen LogP contribution < -0.4 is 5.32 Å². The minimum Gasteiger partial charge on any atom is -0.361 e. The van der Waals surface area contributed by atoms with E-state index in [1.165, 1.54) is 6.33 Å². The first-order chi connectivity index (χ1) is 8.83. The Morgan fingerprint density at radius 3 is 3.11 bits per heavy atom. The lowest BCUT2D eigenvalue weighted by atomic mass is 10.3. The number of hydrogen-bond donors (Lipinski definition) is 1. The van der Waals surface area contributed by atoms with Gasteiger partial charge in [0.25, 0.3) is 0 Å². The van der Waals surface area contributed by atoms with E-state index in [2.05, 4.69) is 20.4 Å². The van der Waals surface area contributed by atoms with Crippen molar-refractivity contribution in [3.05, 3.63) is 35.4 Å². The predicted molar refractivity (Wildman–Crippen MR) is 71.1 cm³/mol. The van der Waals surface area contributed by atoms with Crippen LogP contribution in [-0.4, -0.2) is 21.7 Å². The lowest BCUT2D eigenvalue weighted by molar-refractivity contribution is 0.380. The number of fused-ring (bicyclic) bond motifs is 1. The van der Waals surface area contributed by atoms with Gasteiger partial charge in [0.1, 0.15) is 0 Å². The molecular weight excluding hydrogens is 272 g/mol. The van der Waals surface area contributed by atoms with Gasteiger partial charge in [-0.2, -0.15) is 4.98 Å². The fraction of sp³-hybridized carbons (Fsp3) is 0.182. The Balaban J connectivity index is 1.69. The summed E-state index contributed by atoms with van der Waals surface area (Å²) in [4.78, 5) is 8.40. The molecule has 0 saturated carbocycles. The molecule has 5 nitrogen and oxygen atoms in total. The van der Waals surface area contributed by atoms with Crippen molar-refractivity contribution in [2.75, 3.05) is 11.9 Å². The van der Waals surface area contributed by atoms with E-state index in [0.717, 1.165) is 20.4 Å². The zero-order chi connectivity index (χ0) is 12.4. The molecule has 2 heterocycles. The second kappa shape index (κ2) is 4.91. The van der Waals surface area contributed by atoms with Gasteiger partial charge in [0.15, 0.2) is 11.5 Å². The summed E-state index contributed by atoms with van der Waals surface area (Å²) in [6.45, 7) is 0.694. The number of thiazole rings is 1. The van der Waals surface area contributed by atoms with Crippen LogP contribution in [0.15, 0.2) is 29.0 Å². The Morgan fingerprint density at radius 1 is 1.39 bits per heavy atom. The van der Waals surface area contributed by atoms with Crippen LogP contribution in [0, 0.1) is 0 Å². The first-order valence-electron chi connectivity index (χ1n) is 5.37. The molecule has 1 aromatic carbocycles. The van der Waals surface area contributed by atoms with Crippen LogP contribution in [0.25, 0.3) is 10.2 Å². The first-order valence-corrected chi connectivity index (χ1v) is 6.57. The first kappa shape index (κ1) is 11.4. The van der Waals surface area contributed by atoms with Gasteiger partial charge in [-0.15, -0.1) is 0 Å². The largest absolute Gasteiger partial charge is 0.361 e. The molecule has 1 N–H and O–H groups in total. The maximum absolute atomic E-state index is 6.10. The number of anilines is 1. The smallest absolute Gasteiger partial charge is 0.228 e. The number of nitrogens with zero attached hydrogens (tertiary/aromatic N) is 3. The molecule has 7 heteroatoms. The second-order valence-corrected chi connectivity index (χ2v) is 5.03. The van der Waals surface area contributed by atoms with Gasteiger partial charge in [-0.25, -0.2) is 4.98 Å². The van der Waals surface area contributed by atoms with Gasteiger partial charge >= 0.3 is 0 Å². The molecule has 0 aliphatic carbocycles. The lowest BCUT2D eigenvalue weighted by Gasteiger charge is -1.97. The Bertz CT molecular complexity index is 652. The van der Waals surface area contributed by atoms with Gasteiger partial charge < -0.3 is 9.84 Å². The SMILES string of the molecule is Clc1cccc2nc(NCCc3ncno3)sc12. The molecule has 0 spiro atoms. The molecule has 0 radical (unpaired) electrons. The molecule has 18 heavy (non-hydrogen) atoms. The summed E-state index contributed by atoms with van der Waals surface area (Å²) in [6.07, 6.45) is 2.07. The van der Waals surface area contributed by atoms with Crippen LogP contribution in [0.1, 0.15) is 5.89 Å². The molecule has 0 amide bonds. The van der Waals surface area contributed by atoms with E-state index in [9.17, 15) is 0 Å². The molecule has 2 aromatic heterocycles. The molecule has 92 valence electrons. The molecular formula is C11H9ClN4OS. The third-order valence-electron chi connectivity index (χ3n) is 2.39. The van der Waals surface area contributed by atoms with Gasteiger partial charge in [0.05, 0.1) is 15.2 Å². The highest BCUT2D eigenvalue weighted by Gasteiger charge is 2.06. The summed E-state index contributed by atoms with van der Waals surface area (Å²) in [5.74, 6) is 0.613. The van der Waals surface area contributed by atoms with Crippen LogP contribution in [0.3, 0.4) is 0 Å². The van der Waals surface area contributed by atoms with E-state index >= 15 is 0 Å². The summed E-state index contributed by atoms with van der Waals surface area (Å²) >= 11 is 7.64. The maximum Gasteiger partial charge on any atom is 0.228 e. The highest BCUT2D eigenvalue weighted by atomic mass is 35.5. The van der Waals surface area contributed by atoms with Crippen molar-refractivity contribution in [1.29, 1.82) is 0 Å². The summed E-state index contributed by atoms with van der Waals surface area (Å²) in [6, 6.07) is 5.71. The second-order valence-electron chi connectivity index (χ2n) is 3.62. The third kappa shape index (κ3) is 2.30. The van der Waals surface area contributed by atoms with Crippen molar-refractivity contribution >= 4 is 38.3 Å². The fourth-order valence-corrected chi connectivity index (χ4v) is 2.75. The molecule has 0 unspecified atom stereocenters. The molecule has 0 fully saturated rings. The zero-order valence-corrected chi connectivity index (χ0v) is 10.8. The van der Waals surface area contributed by atoms with E-state index in [1.54, 1.807) is 11.3 Å². The standard InChI is InChI=1S/C11H9ClN4OS/c12-7-2-1-3-8-10(7)18-11(16-8)13-5-4-9-14-6-15-17-9/h1-3,6H,4-5H2,(H,13,16). The Kier molecular flexibility index (Phi) is 3.12. The van der Waals surface area contributed by atoms with Crippen molar-refractivity contribution < 1.29 is 4.52 Å². The minimum atomic E-state index is 0.613. The number of aromatic nitrogens is 3. The lowest BCUT2D eigenvalue weighted by Crippen LogP contribution is -2.04. The molecule has 0 atom stereocenters. The summed E-state index contributed by atoms with van der Waals surface area (Å²) in [7, 11) is 0. The van der Waals surface area contributed by atoms with Crippen molar-refractivity contribution in [3.63, 3.8) is 0 Å². The van der Waals surface area contributed by atoms with Crippen LogP contribution in [0.4, 0.5) is 5.13 Å². The van der Waals surface area contributed by atoms with E-state index in [1.807, 2.05) is 18.2 Å². The zero-order valence-electron chi connectivity index (χ0n) is 9.26. The number of rotatable bonds is 4. The average Bonchev–Trinajstić information content (AvgIpc) is 2.98. The molecule has 3 rings (SSSR count). The molecule has 0 bridgehead atoms. The van der Waals surface area contributed by atoms with Crippen LogP contribution in [0.5, 0.6) is 0 Å². The van der Waals surface area contributed by atoms with Gasteiger partial charge in [-0.05, 0) is 12.1 Å².